The van der Waals surface area contributed by atoms with Gasteiger partial charge in [0.15, 0.2) is 0 Å². The fraction of sp³-hybridized carbons (Fsp3) is 0.455. The van der Waals surface area contributed by atoms with Crippen LogP contribution in [0.5, 0.6) is 0 Å². The van der Waals surface area contributed by atoms with Gasteiger partial charge >= 0.3 is 0 Å². The normalized spacial score (nSPS) is 27.9. The number of hydrogen-bond acceptors (Lipinski definition) is 3. The van der Waals surface area contributed by atoms with Crippen LogP contribution in [0.3, 0.4) is 0 Å². The van der Waals surface area contributed by atoms with Crippen molar-refractivity contribution in [2.75, 3.05) is 6.61 Å². The van der Waals surface area contributed by atoms with Gasteiger partial charge in [-0.25, -0.2) is 8.78 Å². The molecule has 0 saturated heterocycles. The van der Waals surface area contributed by atoms with E-state index in [0.717, 1.165) is 11.3 Å². The van der Waals surface area contributed by atoms with E-state index in [1.807, 2.05) is 0 Å². The van der Waals surface area contributed by atoms with Crippen molar-refractivity contribution in [3.63, 3.8) is 0 Å². The van der Waals surface area contributed by atoms with Gasteiger partial charge in [0.2, 0.25) is 0 Å². The zero-order valence-corrected chi connectivity index (χ0v) is 15.1. The second-order valence-electron chi connectivity index (χ2n) is 7.81. The van der Waals surface area contributed by atoms with E-state index in [-0.39, 0.29) is 11.6 Å². The van der Waals surface area contributed by atoms with E-state index in [4.69, 9.17) is 4.74 Å². The maximum absolute atomic E-state index is 13.4. The molecule has 1 aromatic carbocycles. The van der Waals surface area contributed by atoms with E-state index < -0.39 is 11.0 Å². The predicted molar refractivity (Wildman–Crippen MR) is 96.7 cm³/mol. The molecule has 0 N–H and O–H groups in total. The van der Waals surface area contributed by atoms with Crippen molar-refractivity contribution in [2.24, 2.45) is 5.92 Å². The molecule has 2 saturated carbocycles. The summed E-state index contributed by atoms with van der Waals surface area (Å²) in [5.41, 5.74) is 0.334. The largest absolute Gasteiger partial charge is 0.368 e. The molecule has 0 aliphatic heterocycles. The fourth-order valence-electron chi connectivity index (χ4n) is 4.00. The number of hydrogen-bond donors (Lipinski definition) is 0. The van der Waals surface area contributed by atoms with E-state index in [1.54, 1.807) is 18.2 Å². The highest BCUT2D eigenvalue weighted by Crippen LogP contribution is 2.49. The van der Waals surface area contributed by atoms with Crippen molar-refractivity contribution >= 4 is 0 Å². The molecular weight excluding hydrogens is 346 g/mol. The molecule has 5 heteroatoms. The quantitative estimate of drug-likeness (QED) is 0.745. The Balaban J connectivity index is 1.60. The summed E-state index contributed by atoms with van der Waals surface area (Å²) in [4.78, 5) is 4.30. The van der Waals surface area contributed by atoms with Crippen LogP contribution in [-0.4, -0.2) is 11.6 Å². The number of halogens is 2. The van der Waals surface area contributed by atoms with E-state index in [2.05, 4.69) is 11.1 Å². The first-order valence-corrected chi connectivity index (χ1v) is 9.49. The lowest BCUT2D eigenvalue weighted by Crippen LogP contribution is -2.41. The van der Waals surface area contributed by atoms with Crippen LogP contribution in [0.25, 0.3) is 0 Å². The summed E-state index contributed by atoms with van der Waals surface area (Å²) < 4.78 is 33.0. The average Bonchev–Trinajstić information content (AvgIpc) is 3.53. The number of ether oxygens (including phenoxy) is 1. The van der Waals surface area contributed by atoms with Crippen LogP contribution in [0, 0.1) is 28.9 Å². The highest BCUT2D eigenvalue weighted by molar-refractivity contribution is 5.34. The van der Waals surface area contributed by atoms with Gasteiger partial charge in [-0.05, 0) is 74.3 Å². The van der Waals surface area contributed by atoms with Gasteiger partial charge in [-0.15, -0.1) is 0 Å². The third-order valence-corrected chi connectivity index (χ3v) is 6.01. The molecule has 0 atom stereocenters. The molecule has 0 spiro atoms. The molecule has 140 valence electrons. The van der Waals surface area contributed by atoms with Crippen LogP contribution in [0.15, 0.2) is 42.6 Å². The Kier molecular flexibility index (Phi) is 4.69. The summed E-state index contributed by atoms with van der Waals surface area (Å²) in [6.07, 6.45) is 6.04. The van der Waals surface area contributed by atoms with Gasteiger partial charge in [-0.2, -0.15) is 5.26 Å². The number of nitrogens with zero attached hydrogens (tertiary/aromatic N) is 2. The molecule has 27 heavy (non-hydrogen) atoms. The smallest absolute Gasteiger partial charge is 0.141 e. The topological polar surface area (TPSA) is 45.9 Å². The lowest BCUT2D eigenvalue weighted by Gasteiger charge is -2.43. The highest BCUT2D eigenvalue weighted by Gasteiger charge is 2.47. The van der Waals surface area contributed by atoms with Gasteiger partial charge in [0, 0.05) is 0 Å². The molecule has 1 heterocycles. The Morgan fingerprint density at radius 3 is 2.22 bits per heavy atom. The van der Waals surface area contributed by atoms with Crippen molar-refractivity contribution in [1.82, 2.24) is 4.98 Å². The Bertz CT molecular complexity index is 830. The molecule has 0 amide bonds. The number of pyridine rings is 1. The zero-order chi connectivity index (χ0) is 18.9. The highest BCUT2D eigenvalue weighted by atomic mass is 19.1. The van der Waals surface area contributed by atoms with Gasteiger partial charge < -0.3 is 4.74 Å². The predicted octanol–water partition coefficient (Wildman–Crippen LogP) is 5.02. The lowest BCUT2D eigenvalue weighted by atomic mass is 9.65. The molecule has 0 radical (unpaired) electrons. The third-order valence-electron chi connectivity index (χ3n) is 6.01. The van der Waals surface area contributed by atoms with E-state index >= 15 is 0 Å². The van der Waals surface area contributed by atoms with Crippen molar-refractivity contribution in [3.05, 3.63) is 65.5 Å². The van der Waals surface area contributed by atoms with Crippen LogP contribution in [0.1, 0.15) is 49.8 Å². The van der Waals surface area contributed by atoms with Gasteiger partial charge in [0.25, 0.3) is 0 Å². The Morgan fingerprint density at radius 1 is 1.00 bits per heavy atom. The number of nitriles is 1. The van der Waals surface area contributed by atoms with Crippen molar-refractivity contribution in [1.29, 1.82) is 5.26 Å². The Hall–Kier alpha value is -2.32. The lowest BCUT2D eigenvalue weighted by molar-refractivity contribution is -0.0909. The third kappa shape index (κ3) is 3.59. The van der Waals surface area contributed by atoms with E-state index in [1.165, 1.54) is 37.2 Å². The second-order valence-corrected chi connectivity index (χ2v) is 7.81. The molecule has 2 aromatic rings. The van der Waals surface area contributed by atoms with E-state index in [9.17, 15) is 14.0 Å². The van der Waals surface area contributed by atoms with Crippen molar-refractivity contribution in [2.45, 2.75) is 49.5 Å². The summed E-state index contributed by atoms with van der Waals surface area (Å²) in [5.74, 6) is -0.0769. The SMILES string of the molecule is N#C[C@]1(c2ccc(F)cc2)CC[C@](OCC2CC2)(c2ccc(F)cn2)CC1. The summed E-state index contributed by atoms with van der Waals surface area (Å²) in [5, 5.41) is 9.92. The maximum Gasteiger partial charge on any atom is 0.141 e. The van der Waals surface area contributed by atoms with Crippen molar-refractivity contribution in [3.8, 4) is 6.07 Å². The molecule has 2 aliphatic rings. The zero-order valence-electron chi connectivity index (χ0n) is 15.1. The molecule has 0 unspecified atom stereocenters. The molecule has 2 fully saturated rings. The average molecular weight is 368 g/mol. The summed E-state index contributed by atoms with van der Waals surface area (Å²) >= 11 is 0. The number of rotatable bonds is 5. The van der Waals surface area contributed by atoms with E-state index in [0.29, 0.717) is 38.2 Å². The molecule has 1 aromatic heterocycles. The second kappa shape index (κ2) is 7.01. The van der Waals surface area contributed by atoms with Gasteiger partial charge in [0.05, 0.1) is 30.0 Å². The first-order chi connectivity index (χ1) is 13.1. The first kappa shape index (κ1) is 18.1. The standard InChI is InChI=1S/C22H22F2N2O/c23-18-5-3-17(4-6-18)21(15-25)9-11-22(12-10-21,27-14-16-1-2-16)20-8-7-19(24)13-26-20/h3-8,13,16H,1-2,9-12,14H2/t21-,22+. The minimum Gasteiger partial charge on any atom is -0.368 e. The first-order valence-electron chi connectivity index (χ1n) is 9.49. The minimum atomic E-state index is -0.653. The monoisotopic (exact) mass is 368 g/mol. The number of aromatic nitrogens is 1. The fourth-order valence-corrected chi connectivity index (χ4v) is 4.00. The number of benzene rings is 1. The molecular formula is C22H22F2N2O. The van der Waals surface area contributed by atoms with Crippen LogP contribution in [0.2, 0.25) is 0 Å². The van der Waals surface area contributed by atoms with Crippen molar-refractivity contribution < 1.29 is 13.5 Å². The molecule has 3 nitrogen and oxygen atoms in total. The summed E-state index contributed by atoms with van der Waals surface area (Å²) in [7, 11) is 0. The summed E-state index contributed by atoms with van der Waals surface area (Å²) in [6.45, 7) is 0.676. The molecule has 4 rings (SSSR count). The molecule has 0 bridgehead atoms. The maximum atomic E-state index is 13.4. The Labute approximate surface area is 158 Å². The minimum absolute atomic E-state index is 0.305. The van der Waals surface area contributed by atoms with Crippen LogP contribution in [-0.2, 0) is 15.8 Å². The van der Waals surface area contributed by atoms with Crippen LogP contribution >= 0.6 is 0 Å². The van der Waals surface area contributed by atoms with Crippen LogP contribution < -0.4 is 0 Å². The Morgan fingerprint density at radius 2 is 1.67 bits per heavy atom. The van der Waals surface area contributed by atoms with Gasteiger partial charge in [-0.1, -0.05) is 12.1 Å². The summed E-state index contributed by atoms with van der Waals surface area (Å²) in [6, 6.07) is 11.8. The van der Waals surface area contributed by atoms with Gasteiger partial charge in [0.1, 0.15) is 17.2 Å². The molecule has 2 aliphatic carbocycles. The van der Waals surface area contributed by atoms with Gasteiger partial charge in [-0.3, -0.25) is 4.98 Å². The van der Waals surface area contributed by atoms with Crippen LogP contribution in [0.4, 0.5) is 8.78 Å².